The van der Waals surface area contributed by atoms with Crippen LogP contribution in [0.2, 0.25) is 0 Å². The Hall–Kier alpha value is -1.03. The van der Waals surface area contributed by atoms with Gasteiger partial charge in [0.05, 0.1) is 17.5 Å². The molecule has 1 aromatic heterocycles. The van der Waals surface area contributed by atoms with Gasteiger partial charge in [-0.2, -0.15) is 5.10 Å². The van der Waals surface area contributed by atoms with E-state index in [-0.39, 0.29) is 0 Å². The van der Waals surface area contributed by atoms with Crippen LogP contribution in [0.15, 0.2) is 6.20 Å². The van der Waals surface area contributed by atoms with Gasteiger partial charge in [-0.3, -0.25) is 4.68 Å². The van der Waals surface area contributed by atoms with Gasteiger partial charge in [0.1, 0.15) is 0 Å². The Labute approximate surface area is 97.0 Å². The molecule has 90 valence electrons. The molecule has 4 heteroatoms. The minimum Gasteiger partial charge on any atom is -0.381 e. The van der Waals surface area contributed by atoms with E-state index >= 15 is 0 Å². The smallest absolute Gasteiger partial charge is 0.0825 e. The fraction of sp³-hybridized carbons (Fsp3) is 0.750. The first-order valence-corrected chi connectivity index (χ1v) is 5.98. The van der Waals surface area contributed by atoms with E-state index < -0.39 is 0 Å². The van der Waals surface area contributed by atoms with Gasteiger partial charge in [-0.1, -0.05) is 0 Å². The van der Waals surface area contributed by atoms with Gasteiger partial charge in [0.15, 0.2) is 0 Å². The van der Waals surface area contributed by atoms with Crippen LogP contribution >= 0.6 is 0 Å². The summed E-state index contributed by atoms with van der Waals surface area (Å²) in [4.78, 5) is 0. The van der Waals surface area contributed by atoms with Gasteiger partial charge in [-0.05, 0) is 32.6 Å². The van der Waals surface area contributed by atoms with Crippen LogP contribution in [0.25, 0.3) is 0 Å². The van der Waals surface area contributed by atoms with Crippen molar-refractivity contribution in [2.75, 3.05) is 12.4 Å². The van der Waals surface area contributed by atoms with Crippen molar-refractivity contribution in [3.8, 4) is 0 Å². The van der Waals surface area contributed by atoms with Crippen molar-refractivity contribution in [2.24, 2.45) is 7.05 Å². The van der Waals surface area contributed by atoms with Crippen molar-refractivity contribution in [3.05, 3.63) is 11.9 Å². The molecule has 2 rings (SSSR count). The van der Waals surface area contributed by atoms with Gasteiger partial charge < -0.3 is 10.1 Å². The normalized spacial score (nSPS) is 25.7. The molecule has 0 spiro atoms. The molecule has 1 heterocycles. The minimum absolute atomic E-state index is 0.420. The molecule has 1 aromatic rings. The highest BCUT2D eigenvalue weighted by Crippen LogP contribution is 2.24. The van der Waals surface area contributed by atoms with E-state index in [1.54, 1.807) is 0 Å². The SMILES string of the molecule is COC1CCCC(Nc2cn(C)nc2C)C1. The van der Waals surface area contributed by atoms with Crippen molar-refractivity contribution < 1.29 is 4.74 Å². The molecule has 1 N–H and O–H groups in total. The van der Waals surface area contributed by atoms with E-state index in [2.05, 4.69) is 10.4 Å². The van der Waals surface area contributed by atoms with Gasteiger partial charge in [0.2, 0.25) is 0 Å². The third kappa shape index (κ3) is 2.55. The average molecular weight is 223 g/mol. The fourth-order valence-electron chi connectivity index (χ4n) is 2.45. The third-order valence-electron chi connectivity index (χ3n) is 3.33. The lowest BCUT2D eigenvalue weighted by molar-refractivity contribution is 0.0669. The van der Waals surface area contributed by atoms with Crippen molar-refractivity contribution in [3.63, 3.8) is 0 Å². The number of hydrogen-bond acceptors (Lipinski definition) is 3. The van der Waals surface area contributed by atoms with Gasteiger partial charge in [0.25, 0.3) is 0 Å². The molecule has 4 nitrogen and oxygen atoms in total. The quantitative estimate of drug-likeness (QED) is 0.853. The number of nitrogens with one attached hydrogen (secondary N) is 1. The van der Waals surface area contributed by atoms with E-state index in [1.807, 2.05) is 32.0 Å². The van der Waals surface area contributed by atoms with E-state index in [1.165, 1.54) is 19.3 Å². The van der Waals surface area contributed by atoms with Crippen LogP contribution in [-0.4, -0.2) is 29.0 Å². The van der Waals surface area contributed by atoms with Crippen LogP contribution in [0.4, 0.5) is 5.69 Å². The summed E-state index contributed by atoms with van der Waals surface area (Å²) < 4.78 is 7.29. The summed E-state index contributed by atoms with van der Waals surface area (Å²) in [6, 6.07) is 0.529. The third-order valence-corrected chi connectivity index (χ3v) is 3.33. The van der Waals surface area contributed by atoms with Crippen molar-refractivity contribution in [1.29, 1.82) is 0 Å². The van der Waals surface area contributed by atoms with Gasteiger partial charge >= 0.3 is 0 Å². The summed E-state index contributed by atoms with van der Waals surface area (Å²) in [6.07, 6.45) is 7.24. The molecule has 0 aliphatic heterocycles. The maximum absolute atomic E-state index is 5.43. The Morgan fingerprint density at radius 3 is 2.94 bits per heavy atom. The highest BCUT2D eigenvalue weighted by atomic mass is 16.5. The number of methoxy groups -OCH3 is 1. The van der Waals surface area contributed by atoms with Crippen molar-refractivity contribution in [2.45, 2.75) is 44.8 Å². The molecule has 2 unspecified atom stereocenters. The zero-order valence-corrected chi connectivity index (χ0v) is 10.4. The van der Waals surface area contributed by atoms with Gasteiger partial charge in [0, 0.05) is 26.4 Å². The molecular weight excluding hydrogens is 202 g/mol. The number of nitrogens with zero attached hydrogens (tertiary/aromatic N) is 2. The van der Waals surface area contributed by atoms with Gasteiger partial charge in [-0.15, -0.1) is 0 Å². The van der Waals surface area contributed by atoms with E-state index in [4.69, 9.17) is 4.74 Å². The largest absolute Gasteiger partial charge is 0.381 e. The summed E-state index contributed by atoms with van der Waals surface area (Å²) in [5.41, 5.74) is 2.23. The van der Waals surface area contributed by atoms with Crippen LogP contribution in [0.1, 0.15) is 31.4 Å². The minimum atomic E-state index is 0.420. The zero-order valence-electron chi connectivity index (χ0n) is 10.4. The second kappa shape index (κ2) is 4.87. The number of ether oxygens (including phenoxy) is 1. The number of hydrogen-bond donors (Lipinski definition) is 1. The average Bonchev–Trinajstić information content (AvgIpc) is 2.58. The fourth-order valence-corrected chi connectivity index (χ4v) is 2.45. The molecule has 1 saturated carbocycles. The van der Waals surface area contributed by atoms with Crippen LogP contribution in [0.3, 0.4) is 0 Å². The van der Waals surface area contributed by atoms with Crippen molar-refractivity contribution in [1.82, 2.24) is 9.78 Å². The van der Waals surface area contributed by atoms with E-state index in [9.17, 15) is 0 Å². The topological polar surface area (TPSA) is 39.1 Å². The number of rotatable bonds is 3. The standard InChI is InChI=1S/C12H21N3O/c1-9-12(8-15(2)14-9)13-10-5-4-6-11(7-10)16-3/h8,10-11,13H,4-7H2,1-3H3. The molecule has 2 atom stereocenters. The Balaban J connectivity index is 1.96. The number of aryl methyl sites for hydroxylation is 2. The first-order valence-electron chi connectivity index (χ1n) is 5.98. The predicted molar refractivity (Wildman–Crippen MR) is 64.6 cm³/mol. The maximum Gasteiger partial charge on any atom is 0.0825 e. The summed E-state index contributed by atoms with van der Waals surface area (Å²) >= 11 is 0. The lowest BCUT2D eigenvalue weighted by Gasteiger charge is -2.29. The monoisotopic (exact) mass is 223 g/mol. The predicted octanol–water partition coefficient (Wildman–Crippen LogP) is 2.10. The first kappa shape index (κ1) is 11.5. The molecule has 1 fully saturated rings. The summed E-state index contributed by atoms with van der Waals surface area (Å²) in [7, 11) is 3.76. The Morgan fingerprint density at radius 2 is 2.31 bits per heavy atom. The maximum atomic E-state index is 5.43. The molecule has 0 saturated heterocycles. The highest BCUT2D eigenvalue weighted by molar-refractivity contribution is 5.46. The first-order chi connectivity index (χ1) is 7.69. The summed E-state index contributed by atoms with van der Waals surface area (Å²) in [5, 5.41) is 7.91. The molecule has 0 amide bonds. The lowest BCUT2D eigenvalue weighted by Crippen LogP contribution is -2.31. The molecule has 16 heavy (non-hydrogen) atoms. The Morgan fingerprint density at radius 1 is 1.50 bits per heavy atom. The van der Waals surface area contributed by atoms with Crippen molar-refractivity contribution >= 4 is 5.69 Å². The second-order valence-corrected chi connectivity index (χ2v) is 4.67. The molecule has 0 bridgehead atoms. The molecule has 0 radical (unpaired) electrons. The van der Waals surface area contributed by atoms with Gasteiger partial charge in [-0.25, -0.2) is 0 Å². The Kier molecular flexibility index (Phi) is 3.49. The van der Waals surface area contributed by atoms with Crippen LogP contribution in [-0.2, 0) is 11.8 Å². The highest BCUT2D eigenvalue weighted by Gasteiger charge is 2.22. The molecule has 0 aromatic carbocycles. The van der Waals surface area contributed by atoms with E-state index in [0.717, 1.165) is 17.8 Å². The number of aromatic nitrogens is 2. The molecule has 1 aliphatic rings. The van der Waals surface area contributed by atoms with Crippen LogP contribution < -0.4 is 5.32 Å². The molecular formula is C12H21N3O. The van der Waals surface area contributed by atoms with E-state index in [0.29, 0.717) is 12.1 Å². The zero-order chi connectivity index (χ0) is 11.5. The Bertz CT molecular complexity index is 348. The summed E-state index contributed by atoms with van der Waals surface area (Å²) in [6.45, 7) is 2.04. The summed E-state index contributed by atoms with van der Waals surface area (Å²) in [5.74, 6) is 0. The second-order valence-electron chi connectivity index (χ2n) is 4.67. The molecule has 1 aliphatic carbocycles. The van der Waals surface area contributed by atoms with Crippen LogP contribution in [0, 0.1) is 6.92 Å². The number of anilines is 1. The lowest BCUT2D eigenvalue weighted by atomic mass is 9.92. The van der Waals surface area contributed by atoms with Crippen LogP contribution in [0.5, 0.6) is 0 Å².